The second kappa shape index (κ2) is 4.65. The molecule has 0 saturated heterocycles. The second-order valence-corrected chi connectivity index (χ2v) is 3.26. The largest absolute Gasteiger partial charge is 0.508 e. The Balaban J connectivity index is 2.74. The predicted octanol–water partition coefficient (Wildman–Crippen LogP) is 0.208. The number of phenolic OH excluding ortho intramolecular Hbond substituents is 2. The lowest BCUT2D eigenvalue weighted by Gasteiger charge is -2.08. The third kappa shape index (κ3) is 3.14. The quantitative estimate of drug-likeness (QED) is 0.575. The van der Waals surface area contributed by atoms with Crippen molar-refractivity contribution in [2.45, 2.75) is 13.0 Å². The first-order valence-electron chi connectivity index (χ1n) is 4.49. The van der Waals surface area contributed by atoms with Crippen molar-refractivity contribution in [2.75, 3.05) is 6.54 Å². The summed E-state index contributed by atoms with van der Waals surface area (Å²) < 4.78 is 0. The molecule has 1 atom stereocenters. The number of benzene rings is 1. The number of phenols is 2. The van der Waals surface area contributed by atoms with Crippen LogP contribution in [0.25, 0.3) is 0 Å². The molecule has 82 valence electrons. The van der Waals surface area contributed by atoms with Crippen LogP contribution in [-0.4, -0.2) is 33.9 Å². The fraction of sp³-hybridized carbons (Fsp3) is 0.300. The Morgan fingerprint density at radius 3 is 2.67 bits per heavy atom. The van der Waals surface area contributed by atoms with Crippen LogP contribution in [0.2, 0.25) is 0 Å². The van der Waals surface area contributed by atoms with Gasteiger partial charge in [0.1, 0.15) is 11.5 Å². The molecular formula is C10H13NO4. The highest BCUT2D eigenvalue weighted by molar-refractivity contribution is 5.96. The molecule has 4 N–H and O–H groups in total. The van der Waals surface area contributed by atoms with Gasteiger partial charge >= 0.3 is 0 Å². The van der Waals surface area contributed by atoms with E-state index in [1.165, 1.54) is 19.1 Å². The zero-order valence-electron chi connectivity index (χ0n) is 8.27. The molecule has 0 aliphatic heterocycles. The molecule has 1 amide bonds. The zero-order valence-corrected chi connectivity index (χ0v) is 8.27. The fourth-order valence-electron chi connectivity index (χ4n) is 1.05. The van der Waals surface area contributed by atoms with Gasteiger partial charge in [0.05, 0.1) is 11.7 Å². The van der Waals surface area contributed by atoms with E-state index in [9.17, 15) is 9.90 Å². The van der Waals surface area contributed by atoms with Crippen LogP contribution >= 0.6 is 0 Å². The summed E-state index contributed by atoms with van der Waals surface area (Å²) in [5.74, 6) is -0.897. The summed E-state index contributed by atoms with van der Waals surface area (Å²) in [5, 5.41) is 29.7. The fourth-order valence-corrected chi connectivity index (χ4v) is 1.05. The summed E-state index contributed by atoms with van der Waals surface area (Å²) in [5.41, 5.74) is 0.0634. The summed E-state index contributed by atoms with van der Waals surface area (Å²) in [6.07, 6.45) is -0.645. The van der Waals surface area contributed by atoms with Gasteiger partial charge in [0.15, 0.2) is 0 Å². The van der Waals surface area contributed by atoms with Gasteiger partial charge in [-0.15, -0.1) is 0 Å². The number of hydrogen-bond donors (Lipinski definition) is 4. The highest BCUT2D eigenvalue weighted by Crippen LogP contribution is 2.22. The molecule has 5 heteroatoms. The Hall–Kier alpha value is -1.75. The van der Waals surface area contributed by atoms with E-state index >= 15 is 0 Å². The second-order valence-electron chi connectivity index (χ2n) is 3.26. The topological polar surface area (TPSA) is 89.8 Å². The molecule has 0 saturated carbocycles. The molecule has 1 aromatic rings. The van der Waals surface area contributed by atoms with Crippen LogP contribution < -0.4 is 5.32 Å². The van der Waals surface area contributed by atoms with E-state index in [0.29, 0.717) is 0 Å². The standard InChI is InChI=1S/C10H13NO4/c1-6(12)5-11-10(15)8-3-2-7(13)4-9(8)14/h2-4,6,12-14H,5H2,1H3,(H,11,15). The van der Waals surface area contributed by atoms with Gasteiger partial charge in [-0.05, 0) is 19.1 Å². The van der Waals surface area contributed by atoms with Gasteiger partial charge in [-0.1, -0.05) is 0 Å². The molecule has 0 heterocycles. The lowest BCUT2D eigenvalue weighted by atomic mass is 10.2. The Labute approximate surface area is 87.0 Å². The van der Waals surface area contributed by atoms with Crippen molar-refractivity contribution in [1.29, 1.82) is 0 Å². The molecule has 1 aromatic carbocycles. The van der Waals surface area contributed by atoms with Gasteiger partial charge in [-0.2, -0.15) is 0 Å². The monoisotopic (exact) mass is 211 g/mol. The van der Waals surface area contributed by atoms with E-state index in [1.807, 2.05) is 0 Å². The molecule has 15 heavy (non-hydrogen) atoms. The van der Waals surface area contributed by atoms with Crippen LogP contribution in [0.1, 0.15) is 17.3 Å². The van der Waals surface area contributed by atoms with Crippen LogP contribution in [0.4, 0.5) is 0 Å². The Morgan fingerprint density at radius 1 is 1.47 bits per heavy atom. The first-order chi connectivity index (χ1) is 7.00. The van der Waals surface area contributed by atoms with Gasteiger partial charge in [-0.25, -0.2) is 0 Å². The Kier molecular flexibility index (Phi) is 3.51. The van der Waals surface area contributed by atoms with Crippen LogP contribution in [-0.2, 0) is 0 Å². The van der Waals surface area contributed by atoms with E-state index in [1.54, 1.807) is 0 Å². The number of aliphatic hydroxyl groups excluding tert-OH is 1. The zero-order chi connectivity index (χ0) is 11.4. The molecule has 0 aromatic heterocycles. The molecule has 1 rings (SSSR count). The Morgan fingerprint density at radius 2 is 2.13 bits per heavy atom. The van der Waals surface area contributed by atoms with E-state index in [4.69, 9.17) is 10.2 Å². The molecule has 0 aliphatic carbocycles. The van der Waals surface area contributed by atoms with Gasteiger partial charge in [-0.3, -0.25) is 4.79 Å². The predicted molar refractivity (Wildman–Crippen MR) is 53.8 cm³/mol. The highest BCUT2D eigenvalue weighted by Gasteiger charge is 2.11. The van der Waals surface area contributed by atoms with E-state index in [2.05, 4.69) is 5.32 Å². The minimum atomic E-state index is -0.645. The maximum atomic E-state index is 11.4. The van der Waals surface area contributed by atoms with Crippen molar-refractivity contribution in [3.8, 4) is 11.5 Å². The number of aliphatic hydroxyl groups is 1. The smallest absolute Gasteiger partial charge is 0.255 e. The van der Waals surface area contributed by atoms with Crippen molar-refractivity contribution in [3.05, 3.63) is 23.8 Å². The van der Waals surface area contributed by atoms with Crippen molar-refractivity contribution in [1.82, 2.24) is 5.32 Å². The lowest BCUT2D eigenvalue weighted by molar-refractivity contribution is 0.0921. The van der Waals surface area contributed by atoms with E-state index in [0.717, 1.165) is 6.07 Å². The van der Waals surface area contributed by atoms with Gasteiger partial charge in [0.2, 0.25) is 0 Å². The molecule has 0 fully saturated rings. The number of rotatable bonds is 3. The number of carbonyl (C=O) groups is 1. The maximum Gasteiger partial charge on any atom is 0.255 e. The number of carbonyl (C=O) groups excluding carboxylic acids is 1. The van der Waals surface area contributed by atoms with Gasteiger partial charge in [0, 0.05) is 12.6 Å². The average Bonchev–Trinajstić information content (AvgIpc) is 2.14. The number of amides is 1. The summed E-state index contributed by atoms with van der Waals surface area (Å²) >= 11 is 0. The van der Waals surface area contributed by atoms with Gasteiger partial charge < -0.3 is 20.6 Å². The van der Waals surface area contributed by atoms with Crippen molar-refractivity contribution >= 4 is 5.91 Å². The molecule has 0 aliphatic rings. The molecular weight excluding hydrogens is 198 g/mol. The van der Waals surface area contributed by atoms with Gasteiger partial charge in [0.25, 0.3) is 5.91 Å². The van der Waals surface area contributed by atoms with Crippen LogP contribution in [0.3, 0.4) is 0 Å². The Bertz CT molecular complexity index is 362. The summed E-state index contributed by atoms with van der Waals surface area (Å²) in [7, 11) is 0. The first-order valence-corrected chi connectivity index (χ1v) is 4.49. The molecule has 5 nitrogen and oxygen atoms in total. The minimum Gasteiger partial charge on any atom is -0.508 e. The number of aromatic hydroxyl groups is 2. The highest BCUT2D eigenvalue weighted by atomic mass is 16.3. The molecule has 0 radical (unpaired) electrons. The summed E-state index contributed by atoms with van der Waals surface area (Å²) in [6, 6.07) is 3.69. The number of nitrogens with one attached hydrogen (secondary N) is 1. The third-order valence-electron chi connectivity index (χ3n) is 1.78. The summed E-state index contributed by atoms with van der Waals surface area (Å²) in [6.45, 7) is 1.65. The first kappa shape index (κ1) is 11.3. The van der Waals surface area contributed by atoms with Crippen molar-refractivity contribution in [2.24, 2.45) is 0 Å². The molecule has 1 unspecified atom stereocenters. The average molecular weight is 211 g/mol. The van der Waals surface area contributed by atoms with Crippen molar-refractivity contribution in [3.63, 3.8) is 0 Å². The van der Waals surface area contributed by atoms with E-state index in [-0.39, 0.29) is 23.6 Å². The van der Waals surface area contributed by atoms with Crippen molar-refractivity contribution < 1.29 is 20.1 Å². The number of hydrogen-bond acceptors (Lipinski definition) is 4. The van der Waals surface area contributed by atoms with Crippen LogP contribution in [0.15, 0.2) is 18.2 Å². The normalized spacial score (nSPS) is 12.1. The SMILES string of the molecule is CC(O)CNC(=O)c1ccc(O)cc1O. The van der Waals surface area contributed by atoms with E-state index < -0.39 is 12.0 Å². The van der Waals surface area contributed by atoms with Crippen LogP contribution in [0, 0.1) is 0 Å². The lowest BCUT2D eigenvalue weighted by Crippen LogP contribution is -2.30. The minimum absolute atomic E-state index is 0.0634. The maximum absolute atomic E-state index is 11.4. The molecule has 0 bridgehead atoms. The third-order valence-corrected chi connectivity index (χ3v) is 1.78. The molecule has 0 spiro atoms. The van der Waals surface area contributed by atoms with Crippen LogP contribution in [0.5, 0.6) is 11.5 Å². The summed E-state index contributed by atoms with van der Waals surface area (Å²) in [4.78, 5) is 11.4.